The van der Waals surface area contributed by atoms with Crippen molar-refractivity contribution in [1.29, 1.82) is 0 Å². The molecule has 3 atom stereocenters. The second kappa shape index (κ2) is 14.0. The molecule has 0 heterocycles. The van der Waals surface area contributed by atoms with E-state index in [2.05, 4.69) is 27.7 Å². The van der Waals surface area contributed by atoms with Gasteiger partial charge in [-0.1, -0.05) is 53.4 Å². The molecule has 0 radical (unpaired) electrons. The molecule has 0 aromatic heterocycles. The molecule has 0 aliphatic heterocycles. The predicted molar refractivity (Wildman–Crippen MR) is 76.1 cm³/mol. The van der Waals surface area contributed by atoms with Crippen LogP contribution in [0.1, 0.15) is 73.1 Å². The molecule has 0 rings (SSSR count). The van der Waals surface area contributed by atoms with Gasteiger partial charge in [0.15, 0.2) is 0 Å². The Kier molecular flexibility index (Phi) is 15.8. The zero-order valence-electron chi connectivity index (χ0n) is 12.6. The van der Waals surface area contributed by atoms with Crippen LogP contribution in [-0.4, -0.2) is 22.9 Å². The average Bonchev–Trinajstić information content (AvgIpc) is 2.29. The standard InChI is InChI=1S/C8H18O.C7H16O/c1-3-8(2)6-4-5-7-9;1-4-6(2)5-7(3)8/h8-9H,3-7H2,1-2H3;6-8H,4-5H2,1-3H3. The van der Waals surface area contributed by atoms with Crippen LogP contribution in [0, 0.1) is 11.8 Å². The molecule has 0 aromatic rings. The van der Waals surface area contributed by atoms with E-state index in [9.17, 15) is 0 Å². The van der Waals surface area contributed by atoms with Crippen LogP contribution in [0.3, 0.4) is 0 Å². The molecular weight excluding hydrogens is 212 g/mol. The summed E-state index contributed by atoms with van der Waals surface area (Å²) < 4.78 is 0. The third-order valence-electron chi connectivity index (χ3n) is 3.24. The first-order valence-electron chi connectivity index (χ1n) is 7.26. The van der Waals surface area contributed by atoms with Crippen LogP contribution in [0.2, 0.25) is 0 Å². The monoisotopic (exact) mass is 246 g/mol. The molecule has 0 bridgehead atoms. The molecule has 0 fully saturated rings. The minimum atomic E-state index is -0.120. The van der Waals surface area contributed by atoms with E-state index in [1.165, 1.54) is 25.7 Å². The smallest absolute Gasteiger partial charge is 0.0514 e. The van der Waals surface area contributed by atoms with Gasteiger partial charge in [0.1, 0.15) is 0 Å². The lowest BCUT2D eigenvalue weighted by molar-refractivity contribution is 0.163. The summed E-state index contributed by atoms with van der Waals surface area (Å²) in [4.78, 5) is 0. The van der Waals surface area contributed by atoms with Crippen molar-refractivity contribution in [3.05, 3.63) is 0 Å². The fraction of sp³-hybridized carbons (Fsp3) is 1.00. The van der Waals surface area contributed by atoms with Gasteiger partial charge in [-0.05, 0) is 31.6 Å². The molecule has 0 amide bonds. The van der Waals surface area contributed by atoms with Gasteiger partial charge < -0.3 is 10.2 Å². The second-order valence-corrected chi connectivity index (χ2v) is 5.33. The molecule has 0 spiro atoms. The molecule has 0 aromatic carbocycles. The van der Waals surface area contributed by atoms with Crippen LogP contribution < -0.4 is 0 Å². The first-order chi connectivity index (χ1) is 7.97. The summed E-state index contributed by atoms with van der Waals surface area (Å²) in [7, 11) is 0. The Hall–Kier alpha value is -0.0800. The summed E-state index contributed by atoms with van der Waals surface area (Å²) in [5.41, 5.74) is 0. The van der Waals surface area contributed by atoms with Crippen LogP contribution in [0.25, 0.3) is 0 Å². The fourth-order valence-corrected chi connectivity index (χ4v) is 1.56. The molecule has 3 unspecified atom stereocenters. The highest BCUT2D eigenvalue weighted by atomic mass is 16.3. The number of hydrogen-bond acceptors (Lipinski definition) is 2. The van der Waals surface area contributed by atoms with Gasteiger partial charge in [0.05, 0.1) is 6.10 Å². The lowest BCUT2D eigenvalue weighted by Gasteiger charge is -2.08. The molecule has 106 valence electrons. The number of aliphatic hydroxyl groups is 2. The highest BCUT2D eigenvalue weighted by molar-refractivity contribution is 4.53. The third kappa shape index (κ3) is 18.5. The van der Waals surface area contributed by atoms with Crippen LogP contribution in [0.15, 0.2) is 0 Å². The third-order valence-corrected chi connectivity index (χ3v) is 3.24. The molecule has 0 aliphatic carbocycles. The Morgan fingerprint density at radius 1 is 0.882 bits per heavy atom. The Balaban J connectivity index is 0. The Bertz CT molecular complexity index is 135. The molecule has 2 N–H and O–H groups in total. The molecule has 2 heteroatoms. The van der Waals surface area contributed by atoms with E-state index in [1.807, 2.05) is 6.92 Å². The van der Waals surface area contributed by atoms with Crippen molar-refractivity contribution in [2.75, 3.05) is 6.61 Å². The van der Waals surface area contributed by atoms with Crippen molar-refractivity contribution >= 4 is 0 Å². The van der Waals surface area contributed by atoms with E-state index < -0.39 is 0 Å². The molecular formula is C15H34O2. The van der Waals surface area contributed by atoms with Crippen molar-refractivity contribution in [3.63, 3.8) is 0 Å². The summed E-state index contributed by atoms with van der Waals surface area (Å²) >= 11 is 0. The van der Waals surface area contributed by atoms with Gasteiger partial charge in [-0.2, -0.15) is 0 Å². The maximum atomic E-state index is 8.85. The van der Waals surface area contributed by atoms with Crippen LogP contribution in [0.5, 0.6) is 0 Å². The van der Waals surface area contributed by atoms with E-state index in [-0.39, 0.29) is 6.10 Å². The number of rotatable bonds is 8. The van der Waals surface area contributed by atoms with Gasteiger partial charge in [-0.3, -0.25) is 0 Å². The van der Waals surface area contributed by atoms with E-state index >= 15 is 0 Å². The SMILES string of the molecule is CCC(C)CC(C)O.CCC(C)CCCCO. The highest BCUT2D eigenvalue weighted by Crippen LogP contribution is 2.10. The van der Waals surface area contributed by atoms with Crippen LogP contribution in [0.4, 0.5) is 0 Å². The Labute approximate surface area is 108 Å². The summed E-state index contributed by atoms with van der Waals surface area (Å²) in [6.07, 6.45) is 6.70. The first-order valence-corrected chi connectivity index (χ1v) is 7.26. The van der Waals surface area contributed by atoms with Crippen LogP contribution >= 0.6 is 0 Å². The van der Waals surface area contributed by atoms with E-state index in [1.54, 1.807) is 0 Å². The zero-order valence-corrected chi connectivity index (χ0v) is 12.6. The minimum absolute atomic E-state index is 0.120. The largest absolute Gasteiger partial charge is 0.396 e. The fourth-order valence-electron chi connectivity index (χ4n) is 1.56. The summed E-state index contributed by atoms with van der Waals surface area (Å²) in [5, 5.41) is 17.3. The normalized spacial score (nSPS) is 15.7. The predicted octanol–water partition coefficient (Wildman–Crippen LogP) is 4.00. The van der Waals surface area contributed by atoms with Crippen molar-refractivity contribution in [3.8, 4) is 0 Å². The molecule has 0 aliphatic rings. The molecule has 2 nitrogen and oxygen atoms in total. The van der Waals surface area contributed by atoms with E-state index in [0.717, 1.165) is 18.8 Å². The lowest BCUT2D eigenvalue weighted by atomic mass is 10.0. The van der Waals surface area contributed by atoms with Gasteiger partial charge >= 0.3 is 0 Å². The zero-order chi connectivity index (χ0) is 13.7. The van der Waals surface area contributed by atoms with E-state index in [4.69, 9.17) is 10.2 Å². The van der Waals surface area contributed by atoms with Crippen molar-refractivity contribution < 1.29 is 10.2 Å². The average molecular weight is 246 g/mol. The molecule has 0 saturated carbocycles. The summed E-state index contributed by atoms with van der Waals surface area (Å²) in [6.45, 7) is 11.0. The number of aliphatic hydroxyl groups excluding tert-OH is 2. The highest BCUT2D eigenvalue weighted by Gasteiger charge is 2.01. The maximum Gasteiger partial charge on any atom is 0.0514 e. The maximum absolute atomic E-state index is 8.85. The second-order valence-electron chi connectivity index (χ2n) is 5.33. The summed E-state index contributed by atoms with van der Waals surface area (Å²) in [5.74, 6) is 1.52. The van der Waals surface area contributed by atoms with Crippen molar-refractivity contribution in [2.24, 2.45) is 11.8 Å². The van der Waals surface area contributed by atoms with Gasteiger partial charge in [-0.15, -0.1) is 0 Å². The van der Waals surface area contributed by atoms with E-state index in [0.29, 0.717) is 12.5 Å². The van der Waals surface area contributed by atoms with Gasteiger partial charge in [0.25, 0.3) is 0 Å². The van der Waals surface area contributed by atoms with Gasteiger partial charge in [-0.25, -0.2) is 0 Å². The Morgan fingerprint density at radius 2 is 1.41 bits per heavy atom. The lowest BCUT2D eigenvalue weighted by Crippen LogP contribution is -2.05. The topological polar surface area (TPSA) is 40.5 Å². The summed E-state index contributed by atoms with van der Waals surface area (Å²) in [6, 6.07) is 0. The Morgan fingerprint density at radius 3 is 1.71 bits per heavy atom. The van der Waals surface area contributed by atoms with Crippen LogP contribution in [-0.2, 0) is 0 Å². The minimum Gasteiger partial charge on any atom is -0.396 e. The van der Waals surface area contributed by atoms with Crippen molar-refractivity contribution in [2.45, 2.75) is 79.2 Å². The first kappa shape index (κ1) is 19.3. The van der Waals surface area contributed by atoms with Crippen molar-refractivity contribution in [1.82, 2.24) is 0 Å². The number of unbranched alkanes of at least 4 members (excludes halogenated alkanes) is 1. The van der Waals surface area contributed by atoms with Gasteiger partial charge in [0.2, 0.25) is 0 Å². The molecule has 0 saturated heterocycles. The molecule has 17 heavy (non-hydrogen) atoms. The van der Waals surface area contributed by atoms with Gasteiger partial charge in [0, 0.05) is 6.61 Å². The number of hydrogen-bond donors (Lipinski definition) is 2. The quantitative estimate of drug-likeness (QED) is 0.636.